The highest BCUT2D eigenvalue weighted by molar-refractivity contribution is 5.95. The van der Waals surface area contributed by atoms with E-state index >= 15 is 0 Å². The Hall–Kier alpha value is -0.860. The number of nitrogens with zero attached hydrogens (tertiary/aromatic N) is 1. The molecule has 1 unspecified atom stereocenters. The maximum Gasteiger partial charge on any atom is 0.143 e. The molecule has 1 N–H and O–H groups in total. The number of oxime groups is 1. The molecule has 3 heteroatoms. The third kappa shape index (κ3) is 2.62. The summed E-state index contributed by atoms with van der Waals surface area (Å²) in [6, 6.07) is 0. The smallest absolute Gasteiger partial charge is 0.143 e. The molecule has 0 bridgehead atoms. The summed E-state index contributed by atoms with van der Waals surface area (Å²) < 4.78 is 0. The van der Waals surface area contributed by atoms with Gasteiger partial charge in [0.2, 0.25) is 0 Å². The predicted octanol–water partition coefficient (Wildman–Crippen LogP) is 1.31. The highest BCUT2D eigenvalue weighted by atomic mass is 16.4. The van der Waals surface area contributed by atoms with Gasteiger partial charge in [0.05, 0.1) is 12.1 Å². The van der Waals surface area contributed by atoms with Crippen LogP contribution < -0.4 is 0 Å². The van der Waals surface area contributed by atoms with Gasteiger partial charge in [0.1, 0.15) is 5.78 Å². The Morgan fingerprint density at radius 1 is 1.50 bits per heavy atom. The number of hydrogen-bond acceptors (Lipinski definition) is 3. The lowest BCUT2D eigenvalue weighted by atomic mass is 9.98. The van der Waals surface area contributed by atoms with Crippen LogP contribution in [0.15, 0.2) is 5.16 Å². The van der Waals surface area contributed by atoms with E-state index in [-0.39, 0.29) is 17.6 Å². The summed E-state index contributed by atoms with van der Waals surface area (Å²) in [4.78, 5) is 11.0. The van der Waals surface area contributed by atoms with E-state index in [0.717, 1.165) is 0 Å². The Morgan fingerprint density at radius 2 is 2.00 bits per heavy atom. The standard InChI is InChI=1S/C7H13NO2/c1-5(2)7(9)6(3)4-8-10/h4-6,10H,1-3H3/b8-4-. The molecule has 0 spiro atoms. The molecule has 1 atom stereocenters. The summed E-state index contributed by atoms with van der Waals surface area (Å²) in [7, 11) is 0. The summed E-state index contributed by atoms with van der Waals surface area (Å²) in [5.41, 5.74) is 0. The molecule has 0 aromatic rings. The van der Waals surface area contributed by atoms with Gasteiger partial charge in [-0.15, -0.1) is 5.16 Å². The van der Waals surface area contributed by atoms with Crippen molar-refractivity contribution in [2.75, 3.05) is 0 Å². The van der Waals surface area contributed by atoms with Crippen LogP contribution in [0, 0.1) is 11.8 Å². The molecule has 0 saturated heterocycles. The van der Waals surface area contributed by atoms with Gasteiger partial charge in [-0.25, -0.2) is 0 Å². The second-order valence-electron chi connectivity index (χ2n) is 2.61. The maximum atomic E-state index is 11.0. The highest BCUT2D eigenvalue weighted by Gasteiger charge is 2.13. The van der Waals surface area contributed by atoms with Crippen molar-refractivity contribution in [2.24, 2.45) is 17.0 Å². The van der Waals surface area contributed by atoms with Crippen molar-refractivity contribution >= 4 is 12.0 Å². The van der Waals surface area contributed by atoms with Crippen LogP contribution in [0.2, 0.25) is 0 Å². The Balaban J connectivity index is 3.95. The zero-order chi connectivity index (χ0) is 8.15. The van der Waals surface area contributed by atoms with E-state index in [1.165, 1.54) is 6.21 Å². The van der Waals surface area contributed by atoms with Crippen LogP contribution in [0.25, 0.3) is 0 Å². The molecule has 0 aromatic heterocycles. The molecule has 0 rings (SSSR count). The molecule has 0 aliphatic heterocycles. The van der Waals surface area contributed by atoms with Gasteiger partial charge in [-0.2, -0.15) is 0 Å². The lowest BCUT2D eigenvalue weighted by Gasteiger charge is -2.05. The number of hydrogen-bond donors (Lipinski definition) is 1. The van der Waals surface area contributed by atoms with E-state index in [9.17, 15) is 4.79 Å². The summed E-state index contributed by atoms with van der Waals surface area (Å²) in [6.07, 6.45) is 1.24. The molecule has 0 fully saturated rings. The third-order valence-electron chi connectivity index (χ3n) is 1.31. The number of carbonyl (C=O) groups excluding carboxylic acids is 1. The van der Waals surface area contributed by atoms with Crippen LogP contribution in [0.5, 0.6) is 0 Å². The first-order valence-electron chi connectivity index (χ1n) is 3.31. The average Bonchev–Trinajstić information content (AvgIpc) is 1.87. The van der Waals surface area contributed by atoms with Gasteiger partial charge in [-0.1, -0.05) is 20.8 Å². The molecule has 0 amide bonds. The lowest BCUT2D eigenvalue weighted by Crippen LogP contribution is -2.17. The first-order valence-corrected chi connectivity index (χ1v) is 3.31. The van der Waals surface area contributed by atoms with Gasteiger partial charge in [-0.05, 0) is 0 Å². The largest absolute Gasteiger partial charge is 0.411 e. The number of rotatable bonds is 3. The third-order valence-corrected chi connectivity index (χ3v) is 1.31. The van der Waals surface area contributed by atoms with Gasteiger partial charge in [-0.3, -0.25) is 4.79 Å². The minimum absolute atomic E-state index is 0.00741. The Labute approximate surface area is 60.7 Å². The van der Waals surface area contributed by atoms with Crippen molar-refractivity contribution < 1.29 is 10.0 Å². The predicted molar refractivity (Wildman–Crippen MR) is 39.3 cm³/mol. The molecule has 0 heterocycles. The van der Waals surface area contributed by atoms with Gasteiger partial charge in [0, 0.05) is 5.92 Å². The minimum atomic E-state index is -0.273. The fourth-order valence-corrected chi connectivity index (χ4v) is 0.699. The number of Topliss-reactive ketones (excluding diaryl/α,β-unsaturated/α-hetero) is 1. The summed E-state index contributed by atoms with van der Waals surface area (Å²) in [6.45, 7) is 5.36. The van der Waals surface area contributed by atoms with Crippen molar-refractivity contribution in [2.45, 2.75) is 20.8 Å². The van der Waals surface area contributed by atoms with E-state index in [2.05, 4.69) is 5.16 Å². The Morgan fingerprint density at radius 3 is 2.30 bits per heavy atom. The summed E-state index contributed by atoms with van der Waals surface area (Å²) in [5, 5.41) is 10.9. The summed E-state index contributed by atoms with van der Waals surface area (Å²) in [5.74, 6) is -0.171. The monoisotopic (exact) mass is 143 g/mol. The quantitative estimate of drug-likeness (QED) is 0.368. The van der Waals surface area contributed by atoms with Crippen molar-refractivity contribution in [3.05, 3.63) is 0 Å². The second kappa shape index (κ2) is 4.04. The van der Waals surface area contributed by atoms with Gasteiger partial charge in [0.25, 0.3) is 0 Å². The average molecular weight is 143 g/mol. The van der Waals surface area contributed by atoms with Crippen LogP contribution in [-0.4, -0.2) is 17.2 Å². The first-order chi connectivity index (χ1) is 4.59. The molecule has 0 saturated carbocycles. The normalized spacial score (nSPS) is 14.4. The fraction of sp³-hybridized carbons (Fsp3) is 0.714. The molecule has 0 aromatic carbocycles. The van der Waals surface area contributed by atoms with E-state index in [0.29, 0.717) is 0 Å². The second-order valence-corrected chi connectivity index (χ2v) is 2.61. The van der Waals surface area contributed by atoms with Crippen LogP contribution in [0.4, 0.5) is 0 Å². The molecule has 0 aliphatic rings. The lowest BCUT2D eigenvalue weighted by molar-refractivity contribution is -0.123. The number of ketones is 1. The molecular formula is C7H13NO2. The van der Waals surface area contributed by atoms with E-state index in [1.54, 1.807) is 6.92 Å². The van der Waals surface area contributed by atoms with E-state index in [1.807, 2.05) is 13.8 Å². The fourth-order valence-electron chi connectivity index (χ4n) is 0.699. The molecule has 0 aliphatic carbocycles. The van der Waals surface area contributed by atoms with Crippen LogP contribution in [-0.2, 0) is 4.79 Å². The van der Waals surface area contributed by atoms with Gasteiger partial charge >= 0.3 is 0 Å². The van der Waals surface area contributed by atoms with Crippen molar-refractivity contribution in [3.63, 3.8) is 0 Å². The molecule has 0 radical (unpaired) electrons. The van der Waals surface area contributed by atoms with E-state index < -0.39 is 0 Å². The van der Waals surface area contributed by atoms with Crippen molar-refractivity contribution in [1.29, 1.82) is 0 Å². The minimum Gasteiger partial charge on any atom is -0.411 e. The zero-order valence-electron chi connectivity index (χ0n) is 6.53. The van der Waals surface area contributed by atoms with Crippen LogP contribution in [0.1, 0.15) is 20.8 Å². The topological polar surface area (TPSA) is 49.7 Å². The van der Waals surface area contributed by atoms with E-state index in [4.69, 9.17) is 5.21 Å². The van der Waals surface area contributed by atoms with Gasteiger partial charge in [0.15, 0.2) is 0 Å². The molecule has 10 heavy (non-hydrogen) atoms. The SMILES string of the molecule is CC(C)C(=O)C(C)/C=N\O. The maximum absolute atomic E-state index is 11.0. The molecule has 58 valence electrons. The Bertz CT molecular complexity index is 141. The van der Waals surface area contributed by atoms with Crippen LogP contribution in [0.3, 0.4) is 0 Å². The highest BCUT2D eigenvalue weighted by Crippen LogP contribution is 2.03. The zero-order valence-corrected chi connectivity index (χ0v) is 6.53. The van der Waals surface area contributed by atoms with Crippen molar-refractivity contribution in [1.82, 2.24) is 0 Å². The molecular weight excluding hydrogens is 130 g/mol. The Kier molecular flexibility index (Phi) is 3.69. The van der Waals surface area contributed by atoms with Crippen molar-refractivity contribution in [3.8, 4) is 0 Å². The van der Waals surface area contributed by atoms with Gasteiger partial charge < -0.3 is 5.21 Å². The first kappa shape index (κ1) is 9.14. The van der Waals surface area contributed by atoms with Crippen LogP contribution >= 0.6 is 0 Å². The summed E-state index contributed by atoms with van der Waals surface area (Å²) >= 11 is 0. The molecule has 3 nitrogen and oxygen atoms in total. The number of carbonyl (C=O) groups is 1.